The van der Waals surface area contributed by atoms with Gasteiger partial charge in [0.05, 0.1) is 17.9 Å². The molecule has 0 aromatic heterocycles. The van der Waals surface area contributed by atoms with Crippen LogP contribution in [0.4, 0.5) is 13.2 Å². The number of rotatable bonds is 5. The van der Waals surface area contributed by atoms with Crippen LogP contribution in [0.5, 0.6) is 0 Å². The summed E-state index contributed by atoms with van der Waals surface area (Å²) in [6.45, 7) is -4.48. The molecule has 2 aliphatic carbocycles. The fourth-order valence-electron chi connectivity index (χ4n) is 4.82. The molecule has 1 aromatic rings. The maximum atomic E-state index is 13.5. The van der Waals surface area contributed by atoms with Crippen LogP contribution in [0, 0.1) is 6.85 Å². The van der Waals surface area contributed by atoms with Crippen molar-refractivity contribution in [1.82, 2.24) is 10.6 Å². The molecule has 0 saturated heterocycles. The van der Waals surface area contributed by atoms with Crippen LogP contribution in [-0.4, -0.2) is 57.0 Å². The molecular weight excluding hydrogens is 441 g/mol. The average molecular weight is 471 g/mol. The number of halogens is 3. The van der Waals surface area contributed by atoms with Crippen LogP contribution in [0.25, 0.3) is 5.70 Å². The number of nitrogens with two attached hydrogens (primary N) is 1. The molecule has 1 heterocycles. The number of hydrogen-bond donors (Lipinski definition) is 6. The molecule has 1 aromatic carbocycles. The number of aryl methyl sites for hydroxylation is 1. The number of aliphatic hydroxyl groups excluding tert-OH is 1. The Kier molecular flexibility index (Phi) is 4.71. The van der Waals surface area contributed by atoms with Crippen molar-refractivity contribution in [3.8, 4) is 0 Å². The van der Waals surface area contributed by atoms with Crippen LogP contribution in [0.3, 0.4) is 0 Å². The zero-order valence-corrected chi connectivity index (χ0v) is 17.5. The van der Waals surface area contributed by atoms with Gasteiger partial charge in [0, 0.05) is 21.4 Å². The second-order valence-electron chi connectivity index (χ2n) is 9.08. The molecule has 3 aliphatic rings. The highest BCUT2D eigenvalue weighted by molar-refractivity contribution is 6.42. The number of fused-ring (bicyclic) bond motifs is 2. The van der Waals surface area contributed by atoms with Crippen LogP contribution in [0.2, 0.25) is 0 Å². The molecule has 1 aliphatic heterocycles. The fraction of sp³-hybridized carbons (Fsp3) is 0.545. The second kappa shape index (κ2) is 7.79. The maximum Gasteiger partial charge on any atom is 0.423 e. The van der Waals surface area contributed by atoms with E-state index in [1.165, 1.54) is 6.20 Å². The number of carbonyl (C=O) groups is 1. The standard InChI is InChI=1S/C22H27F3N4O4/c1-12-2-3-13(21(33,11-30)22(23,24)25)8-14(12)15-9-27-17(26)16(28-15)18(31)29-19-4-6-20(32,10-19)7-5-19/h2-3,8-9,17,27,30,32-33H,4-7,10-11,26H2,1H3,(H,29,31)/t17?,19?,20?,21-/m1/s1/i1D3. The maximum absolute atomic E-state index is 13.5. The second-order valence-corrected chi connectivity index (χ2v) is 9.08. The molecule has 7 N–H and O–H groups in total. The lowest BCUT2D eigenvalue weighted by atomic mass is 9.90. The summed E-state index contributed by atoms with van der Waals surface area (Å²) in [6.07, 6.45) is -2.59. The van der Waals surface area contributed by atoms with Crippen molar-refractivity contribution < 1.29 is 37.4 Å². The average Bonchev–Trinajstić information content (AvgIpc) is 3.29. The summed E-state index contributed by atoms with van der Waals surface area (Å²) in [6, 6.07) is 2.45. The number of aliphatic hydroxyl groups is 3. The Bertz CT molecular complexity index is 1130. The molecule has 8 nitrogen and oxygen atoms in total. The van der Waals surface area contributed by atoms with Crippen molar-refractivity contribution in [1.29, 1.82) is 0 Å². The summed E-state index contributed by atoms with van der Waals surface area (Å²) in [7, 11) is 0. The molecular formula is C22H27F3N4O4. The first-order chi connectivity index (χ1) is 16.5. The topological polar surface area (TPSA) is 140 Å². The van der Waals surface area contributed by atoms with Gasteiger partial charge in [-0.05, 0) is 56.1 Å². The van der Waals surface area contributed by atoms with E-state index < -0.39 is 54.0 Å². The van der Waals surface area contributed by atoms with E-state index in [-0.39, 0.29) is 22.5 Å². The predicted molar refractivity (Wildman–Crippen MR) is 114 cm³/mol. The van der Waals surface area contributed by atoms with Gasteiger partial charge in [-0.15, -0.1) is 0 Å². The number of nitrogens with one attached hydrogen (secondary N) is 2. The Morgan fingerprint density at radius 1 is 1.36 bits per heavy atom. The van der Waals surface area contributed by atoms with Gasteiger partial charge in [0.1, 0.15) is 11.9 Å². The quantitative estimate of drug-likeness (QED) is 0.378. The number of benzene rings is 1. The van der Waals surface area contributed by atoms with Crippen LogP contribution < -0.4 is 16.4 Å². The van der Waals surface area contributed by atoms with Gasteiger partial charge in [-0.25, -0.2) is 4.99 Å². The lowest BCUT2D eigenvalue weighted by Gasteiger charge is -2.30. The van der Waals surface area contributed by atoms with Gasteiger partial charge in [0.2, 0.25) is 5.60 Å². The van der Waals surface area contributed by atoms with Crippen LogP contribution in [0.15, 0.2) is 29.4 Å². The highest BCUT2D eigenvalue weighted by Gasteiger charge is 2.55. The number of aliphatic imine (C=N–C) groups is 1. The summed E-state index contributed by atoms with van der Waals surface area (Å²) in [5.74, 6) is -0.652. The van der Waals surface area contributed by atoms with Gasteiger partial charge < -0.3 is 31.7 Å². The minimum Gasteiger partial charge on any atom is -0.393 e. The van der Waals surface area contributed by atoms with Gasteiger partial charge in [-0.2, -0.15) is 13.2 Å². The molecule has 1 amide bonds. The third-order valence-electron chi connectivity index (χ3n) is 6.82. The van der Waals surface area contributed by atoms with E-state index in [1.54, 1.807) is 0 Å². The Labute approximate surface area is 192 Å². The molecule has 0 radical (unpaired) electrons. The fourth-order valence-corrected chi connectivity index (χ4v) is 4.82. The van der Waals surface area contributed by atoms with Gasteiger partial charge in [0.25, 0.3) is 5.91 Å². The van der Waals surface area contributed by atoms with E-state index in [0.29, 0.717) is 32.1 Å². The summed E-state index contributed by atoms with van der Waals surface area (Å²) in [4.78, 5) is 17.3. The Morgan fingerprint density at radius 3 is 2.61 bits per heavy atom. The number of nitrogens with zero attached hydrogens (tertiary/aromatic N) is 1. The number of amides is 1. The first-order valence-corrected chi connectivity index (χ1v) is 10.4. The van der Waals surface area contributed by atoms with Crippen molar-refractivity contribution in [3.05, 3.63) is 41.1 Å². The lowest BCUT2D eigenvalue weighted by molar-refractivity contribution is -0.277. The lowest BCUT2D eigenvalue weighted by Crippen LogP contribution is -2.55. The highest BCUT2D eigenvalue weighted by Crippen LogP contribution is 2.50. The molecule has 2 atom stereocenters. The molecule has 1 unspecified atom stereocenters. The first-order valence-electron chi connectivity index (χ1n) is 11.9. The Hall–Kier alpha value is -2.47. The molecule has 11 heteroatoms. The Balaban J connectivity index is 1.73. The van der Waals surface area contributed by atoms with Crippen molar-refractivity contribution in [3.63, 3.8) is 0 Å². The predicted octanol–water partition coefficient (Wildman–Crippen LogP) is 0.928. The number of carbonyl (C=O) groups excluding carboxylic acids is 1. The van der Waals surface area contributed by atoms with Gasteiger partial charge in [-0.3, -0.25) is 4.79 Å². The van der Waals surface area contributed by atoms with Crippen LogP contribution >= 0.6 is 0 Å². The molecule has 2 saturated carbocycles. The van der Waals surface area contributed by atoms with E-state index in [0.717, 1.165) is 18.2 Å². The van der Waals surface area contributed by atoms with Crippen molar-refractivity contribution in [2.75, 3.05) is 6.61 Å². The third kappa shape index (κ3) is 4.03. The van der Waals surface area contributed by atoms with Crippen LogP contribution in [0.1, 0.15) is 52.9 Å². The first kappa shape index (κ1) is 20.0. The van der Waals surface area contributed by atoms with E-state index in [1.807, 2.05) is 0 Å². The summed E-state index contributed by atoms with van der Waals surface area (Å²) in [5, 5.41) is 35.5. The van der Waals surface area contributed by atoms with Gasteiger partial charge in [-0.1, -0.05) is 12.1 Å². The normalized spacial score (nSPS) is 32.6. The van der Waals surface area contributed by atoms with Gasteiger partial charge in [0.15, 0.2) is 0 Å². The summed E-state index contributed by atoms with van der Waals surface area (Å²) in [5.41, 5.74) is -1.01. The van der Waals surface area contributed by atoms with Gasteiger partial charge >= 0.3 is 6.18 Å². The van der Waals surface area contributed by atoms with E-state index in [2.05, 4.69) is 15.6 Å². The van der Waals surface area contributed by atoms with Crippen LogP contribution in [-0.2, 0) is 10.4 Å². The Morgan fingerprint density at radius 2 is 2.06 bits per heavy atom. The molecule has 4 rings (SSSR count). The van der Waals surface area contributed by atoms with Crippen molar-refractivity contribution in [2.45, 2.75) is 68.0 Å². The van der Waals surface area contributed by atoms with Crippen molar-refractivity contribution >= 4 is 17.3 Å². The smallest absolute Gasteiger partial charge is 0.393 e. The third-order valence-corrected chi connectivity index (χ3v) is 6.82. The van der Waals surface area contributed by atoms with E-state index >= 15 is 0 Å². The number of alkyl halides is 3. The minimum atomic E-state index is -5.26. The zero-order valence-electron chi connectivity index (χ0n) is 20.5. The minimum absolute atomic E-state index is 0.191. The molecule has 33 heavy (non-hydrogen) atoms. The number of hydrogen-bond acceptors (Lipinski definition) is 7. The summed E-state index contributed by atoms with van der Waals surface area (Å²) >= 11 is 0. The molecule has 180 valence electrons. The van der Waals surface area contributed by atoms with E-state index in [4.69, 9.17) is 9.85 Å². The summed E-state index contributed by atoms with van der Waals surface area (Å²) < 4.78 is 64.0. The molecule has 2 bridgehead atoms. The highest BCUT2D eigenvalue weighted by atomic mass is 19.4. The van der Waals surface area contributed by atoms with Crippen molar-refractivity contribution in [2.24, 2.45) is 10.7 Å². The monoisotopic (exact) mass is 471 g/mol. The molecule has 0 spiro atoms. The zero-order chi connectivity index (χ0) is 26.7. The van der Waals surface area contributed by atoms with E-state index in [9.17, 15) is 33.3 Å². The largest absolute Gasteiger partial charge is 0.423 e. The molecule has 2 fully saturated rings. The SMILES string of the molecule is [2H]C([2H])([2H])c1ccc([C@](O)(CO)C(F)(F)F)cc1C1=CNC(N)C(C(=O)NC23CCC(O)(CC2)C3)=N1.